The lowest BCUT2D eigenvalue weighted by molar-refractivity contribution is 0.410. The highest BCUT2D eigenvalue weighted by Crippen LogP contribution is 2.15. The van der Waals surface area contributed by atoms with Gasteiger partial charge in [0.25, 0.3) is 0 Å². The summed E-state index contributed by atoms with van der Waals surface area (Å²) in [7, 11) is 0. The first-order chi connectivity index (χ1) is 8.46. The Hall–Kier alpha value is -1.27. The van der Waals surface area contributed by atoms with E-state index in [4.69, 9.17) is 0 Å². The quantitative estimate of drug-likeness (QED) is 0.918. The number of nitrogens with zero attached hydrogens (tertiary/aromatic N) is 4. The molecule has 18 heavy (non-hydrogen) atoms. The molecule has 0 fully saturated rings. The van der Waals surface area contributed by atoms with Crippen molar-refractivity contribution in [3.63, 3.8) is 0 Å². The molecule has 0 saturated carbocycles. The Morgan fingerprint density at radius 2 is 2.11 bits per heavy atom. The van der Waals surface area contributed by atoms with Crippen molar-refractivity contribution in [1.29, 1.82) is 0 Å². The summed E-state index contributed by atoms with van der Waals surface area (Å²) in [6.07, 6.45) is 0. The van der Waals surface area contributed by atoms with Gasteiger partial charge in [-0.2, -0.15) is 11.3 Å². The fraction of sp³-hybridized carbons (Fsp3) is 0.583. The smallest absolute Gasteiger partial charge is 0.165 e. The minimum Gasteiger partial charge on any atom is -0.305 e. The van der Waals surface area contributed by atoms with E-state index in [2.05, 4.69) is 59.3 Å². The van der Waals surface area contributed by atoms with Crippen LogP contribution in [0.2, 0.25) is 0 Å². The molecule has 0 unspecified atom stereocenters. The molecular formula is C12H19N5S. The summed E-state index contributed by atoms with van der Waals surface area (Å²) in [6, 6.07) is 0. The number of tetrazole rings is 1. The lowest BCUT2D eigenvalue weighted by atomic mass is 10.1. The monoisotopic (exact) mass is 265 g/mol. The summed E-state index contributed by atoms with van der Waals surface area (Å²) in [5, 5.41) is 19.6. The van der Waals surface area contributed by atoms with Gasteiger partial charge in [-0.3, -0.25) is 0 Å². The minimum absolute atomic E-state index is 0.0646. The van der Waals surface area contributed by atoms with Gasteiger partial charge in [-0.15, -0.1) is 5.10 Å². The largest absolute Gasteiger partial charge is 0.305 e. The van der Waals surface area contributed by atoms with Gasteiger partial charge >= 0.3 is 0 Å². The number of thiophene rings is 1. The van der Waals surface area contributed by atoms with Gasteiger partial charge in [0.1, 0.15) is 0 Å². The van der Waals surface area contributed by atoms with Crippen molar-refractivity contribution in [3.05, 3.63) is 27.7 Å². The normalized spacial score (nSPS) is 12.0. The molecule has 6 heteroatoms. The van der Waals surface area contributed by atoms with E-state index in [0.717, 1.165) is 12.4 Å². The van der Waals surface area contributed by atoms with E-state index in [9.17, 15) is 0 Å². The third-order valence-electron chi connectivity index (χ3n) is 2.66. The lowest BCUT2D eigenvalue weighted by Crippen LogP contribution is -2.36. The maximum absolute atomic E-state index is 4.07. The first kappa shape index (κ1) is 13.2. The first-order valence-electron chi connectivity index (χ1n) is 5.97. The van der Waals surface area contributed by atoms with Crippen molar-refractivity contribution in [1.82, 2.24) is 25.5 Å². The molecule has 0 aliphatic rings. The van der Waals surface area contributed by atoms with Crippen LogP contribution < -0.4 is 5.32 Å². The predicted octanol–water partition coefficient (Wildman–Crippen LogP) is 1.98. The molecule has 0 aromatic carbocycles. The maximum Gasteiger partial charge on any atom is 0.165 e. The first-order valence-corrected chi connectivity index (χ1v) is 6.92. The topological polar surface area (TPSA) is 55.6 Å². The van der Waals surface area contributed by atoms with Crippen LogP contribution in [0.25, 0.3) is 0 Å². The third kappa shape index (κ3) is 3.36. The van der Waals surface area contributed by atoms with Crippen LogP contribution in [-0.4, -0.2) is 25.7 Å². The molecule has 0 aliphatic carbocycles. The molecule has 1 N–H and O–H groups in total. The molecule has 2 rings (SSSR count). The molecule has 2 aromatic heterocycles. The number of aryl methyl sites for hydroxylation is 1. The fourth-order valence-electron chi connectivity index (χ4n) is 1.53. The van der Waals surface area contributed by atoms with Crippen LogP contribution in [0.3, 0.4) is 0 Å². The molecule has 0 bridgehead atoms. The second-order valence-electron chi connectivity index (χ2n) is 5.44. The molecule has 0 saturated heterocycles. The molecule has 5 nitrogen and oxygen atoms in total. The van der Waals surface area contributed by atoms with Crippen molar-refractivity contribution < 1.29 is 0 Å². The van der Waals surface area contributed by atoms with Gasteiger partial charge in [0.15, 0.2) is 5.82 Å². The summed E-state index contributed by atoms with van der Waals surface area (Å²) in [5.74, 6) is 0.871. The van der Waals surface area contributed by atoms with Crippen molar-refractivity contribution in [3.8, 4) is 0 Å². The minimum atomic E-state index is 0.0646. The Morgan fingerprint density at radius 1 is 1.33 bits per heavy atom. The predicted molar refractivity (Wildman–Crippen MR) is 72.6 cm³/mol. The molecule has 2 aromatic rings. The Balaban J connectivity index is 2.06. The average molecular weight is 265 g/mol. The van der Waals surface area contributed by atoms with Crippen molar-refractivity contribution >= 4 is 11.3 Å². The number of nitrogens with one attached hydrogen (secondary N) is 1. The van der Waals surface area contributed by atoms with E-state index in [0.29, 0.717) is 6.54 Å². The van der Waals surface area contributed by atoms with E-state index >= 15 is 0 Å². The van der Waals surface area contributed by atoms with Gasteiger partial charge in [0.05, 0.1) is 13.1 Å². The Labute approximate surface area is 111 Å². The molecule has 98 valence electrons. The standard InChI is InChI=1S/C12H19N5S/c1-9-7-18-8-10(9)6-17-11(14-15-16-17)5-13-12(2,3)4/h7-8,13H,5-6H2,1-4H3. The van der Waals surface area contributed by atoms with Gasteiger partial charge in [0.2, 0.25) is 0 Å². The molecule has 0 radical (unpaired) electrons. The van der Waals surface area contributed by atoms with E-state index in [1.165, 1.54) is 11.1 Å². The van der Waals surface area contributed by atoms with Crippen molar-refractivity contribution in [2.24, 2.45) is 0 Å². The number of rotatable bonds is 4. The van der Waals surface area contributed by atoms with Gasteiger partial charge in [-0.05, 0) is 60.0 Å². The third-order valence-corrected chi connectivity index (χ3v) is 3.57. The Kier molecular flexibility index (Phi) is 3.77. The zero-order valence-corrected chi connectivity index (χ0v) is 12.1. The Morgan fingerprint density at radius 3 is 2.72 bits per heavy atom. The molecule has 0 atom stereocenters. The zero-order valence-electron chi connectivity index (χ0n) is 11.3. The van der Waals surface area contributed by atoms with Gasteiger partial charge < -0.3 is 5.32 Å². The SMILES string of the molecule is Cc1cscc1Cn1nnnc1CNC(C)(C)C. The van der Waals surface area contributed by atoms with Crippen LogP contribution in [-0.2, 0) is 13.1 Å². The van der Waals surface area contributed by atoms with E-state index in [1.54, 1.807) is 11.3 Å². The van der Waals surface area contributed by atoms with Crippen LogP contribution in [0.5, 0.6) is 0 Å². The number of aromatic nitrogens is 4. The summed E-state index contributed by atoms with van der Waals surface area (Å²) >= 11 is 1.71. The maximum atomic E-state index is 4.07. The van der Waals surface area contributed by atoms with Gasteiger partial charge in [0, 0.05) is 5.54 Å². The second-order valence-corrected chi connectivity index (χ2v) is 6.18. The van der Waals surface area contributed by atoms with E-state index in [1.807, 2.05) is 4.68 Å². The zero-order chi connectivity index (χ0) is 13.2. The number of hydrogen-bond acceptors (Lipinski definition) is 5. The molecule has 0 amide bonds. The van der Waals surface area contributed by atoms with Crippen LogP contribution in [0.1, 0.15) is 37.7 Å². The summed E-state index contributed by atoms with van der Waals surface area (Å²) in [6.45, 7) is 9.92. The fourth-order valence-corrected chi connectivity index (χ4v) is 2.38. The van der Waals surface area contributed by atoms with Gasteiger partial charge in [-0.1, -0.05) is 0 Å². The molecule has 2 heterocycles. The molecular weight excluding hydrogens is 246 g/mol. The van der Waals surface area contributed by atoms with E-state index < -0.39 is 0 Å². The summed E-state index contributed by atoms with van der Waals surface area (Å²) < 4.78 is 1.85. The van der Waals surface area contributed by atoms with Crippen LogP contribution in [0.4, 0.5) is 0 Å². The van der Waals surface area contributed by atoms with Crippen LogP contribution >= 0.6 is 11.3 Å². The molecule has 0 spiro atoms. The second kappa shape index (κ2) is 5.16. The van der Waals surface area contributed by atoms with E-state index in [-0.39, 0.29) is 5.54 Å². The summed E-state index contributed by atoms with van der Waals surface area (Å²) in [4.78, 5) is 0. The lowest BCUT2D eigenvalue weighted by Gasteiger charge is -2.19. The number of hydrogen-bond donors (Lipinski definition) is 1. The highest BCUT2D eigenvalue weighted by molar-refractivity contribution is 7.08. The Bertz CT molecular complexity index is 509. The van der Waals surface area contributed by atoms with Crippen LogP contribution in [0, 0.1) is 6.92 Å². The van der Waals surface area contributed by atoms with Gasteiger partial charge in [-0.25, -0.2) is 4.68 Å². The highest BCUT2D eigenvalue weighted by atomic mass is 32.1. The van der Waals surface area contributed by atoms with Crippen LogP contribution in [0.15, 0.2) is 10.8 Å². The molecule has 0 aliphatic heterocycles. The van der Waals surface area contributed by atoms with Crippen molar-refractivity contribution in [2.45, 2.75) is 46.3 Å². The average Bonchev–Trinajstić information content (AvgIpc) is 2.86. The summed E-state index contributed by atoms with van der Waals surface area (Å²) in [5.41, 5.74) is 2.64. The van der Waals surface area contributed by atoms with Crippen molar-refractivity contribution in [2.75, 3.05) is 0 Å². The highest BCUT2D eigenvalue weighted by Gasteiger charge is 2.13.